The van der Waals surface area contributed by atoms with Crippen LogP contribution in [0.4, 0.5) is 0 Å². The molecule has 0 amide bonds. The van der Waals surface area contributed by atoms with Gasteiger partial charge in [0.05, 0.1) is 12.7 Å². The third-order valence-electron chi connectivity index (χ3n) is 2.00. The van der Waals surface area contributed by atoms with Gasteiger partial charge >= 0.3 is 5.97 Å². The lowest BCUT2D eigenvalue weighted by atomic mass is 10.2. The van der Waals surface area contributed by atoms with Crippen molar-refractivity contribution >= 4 is 5.97 Å². The largest absolute Gasteiger partial charge is 0.487 e. The van der Waals surface area contributed by atoms with E-state index in [-0.39, 0.29) is 18.7 Å². The van der Waals surface area contributed by atoms with Crippen molar-refractivity contribution in [3.63, 3.8) is 0 Å². The van der Waals surface area contributed by atoms with E-state index in [9.17, 15) is 4.79 Å². The van der Waals surface area contributed by atoms with Crippen LogP contribution in [0.3, 0.4) is 0 Å². The topological polar surface area (TPSA) is 51.4 Å². The maximum Gasteiger partial charge on any atom is 0.333 e. The maximum absolute atomic E-state index is 11.3. The summed E-state index contributed by atoms with van der Waals surface area (Å²) in [4.78, 5) is 11.3. The summed E-state index contributed by atoms with van der Waals surface area (Å²) in [5.41, 5.74) is 0.475. The van der Waals surface area contributed by atoms with E-state index in [1.165, 1.54) is 0 Å². The lowest BCUT2D eigenvalue weighted by Crippen LogP contribution is -2.08. The Morgan fingerprint density at radius 3 is 3.00 bits per heavy atom. The van der Waals surface area contributed by atoms with Gasteiger partial charge in [-0.25, -0.2) is 4.79 Å². The zero-order chi connectivity index (χ0) is 9.97. The highest BCUT2D eigenvalue weighted by Gasteiger charge is 2.25. The van der Waals surface area contributed by atoms with Crippen LogP contribution in [0.15, 0.2) is 24.0 Å². The minimum Gasteiger partial charge on any atom is -0.487 e. The van der Waals surface area contributed by atoms with Crippen LogP contribution in [0.1, 0.15) is 6.42 Å². The number of rotatable bonds is 5. The molecule has 0 aromatic heterocycles. The third-order valence-corrected chi connectivity index (χ3v) is 2.00. The van der Waals surface area contributed by atoms with Crippen molar-refractivity contribution in [2.75, 3.05) is 19.8 Å². The lowest BCUT2D eigenvalue weighted by molar-refractivity contribution is -0.138. The first kappa shape index (κ1) is 9.27. The first-order chi connectivity index (χ1) is 6.75. The molecule has 4 heteroatoms. The van der Waals surface area contributed by atoms with Crippen LogP contribution >= 0.6 is 0 Å². The van der Waals surface area contributed by atoms with Gasteiger partial charge in [0.1, 0.15) is 19.0 Å². The molecule has 0 radical (unpaired) electrons. The van der Waals surface area contributed by atoms with Gasteiger partial charge in [-0.05, 0) is 6.08 Å². The Labute approximate surface area is 82.1 Å². The quantitative estimate of drug-likeness (QED) is 0.370. The van der Waals surface area contributed by atoms with Crippen LogP contribution < -0.4 is 0 Å². The zero-order valence-electron chi connectivity index (χ0n) is 7.82. The number of hydrogen-bond donors (Lipinski definition) is 0. The van der Waals surface area contributed by atoms with E-state index in [0.29, 0.717) is 18.6 Å². The van der Waals surface area contributed by atoms with E-state index in [4.69, 9.17) is 14.2 Å². The molecule has 2 saturated heterocycles. The van der Waals surface area contributed by atoms with Crippen molar-refractivity contribution in [3.8, 4) is 0 Å². The van der Waals surface area contributed by atoms with Gasteiger partial charge in [-0.15, -0.1) is 0 Å². The SMILES string of the molecule is C=C(CC1CO1)C(=O)OCC=C1CO1. The van der Waals surface area contributed by atoms with Gasteiger partial charge in [0.15, 0.2) is 0 Å². The Hall–Kier alpha value is -1.29. The summed E-state index contributed by atoms with van der Waals surface area (Å²) >= 11 is 0. The second kappa shape index (κ2) is 3.84. The van der Waals surface area contributed by atoms with Crippen LogP contribution in [0.2, 0.25) is 0 Å². The maximum atomic E-state index is 11.3. The van der Waals surface area contributed by atoms with Crippen molar-refractivity contribution in [3.05, 3.63) is 24.0 Å². The molecular formula is C10H12O4. The third kappa shape index (κ3) is 2.88. The standard InChI is InChI=1S/C10H12O4/c1-7(4-9-6-14-9)10(11)12-3-2-8-5-13-8/h2,9H,1,3-6H2. The van der Waals surface area contributed by atoms with E-state index in [2.05, 4.69) is 6.58 Å². The second-order valence-corrected chi connectivity index (χ2v) is 3.32. The fraction of sp³-hybridized carbons (Fsp3) is 0.500. The number of carbonyl (C=O) groups is 1. The molecule has 0 aromatic rings. The summed E-state index contributed by atoms with van der Waals surface area (Å²) < 4.78 is 14.8. The number of ether oxygens (including phenoxy) is 3. The monoisotopic (exact) mass is 196 g/mol. The van der Waals surface area contributed by atoms with Gasteiger partial charge in [0, 0.05) is 12.0 Å². The van der Waals surface area contributed by atoms with Crippen LogP contribution in [0.5, 0.6) is 0 Å². The molecular weight excluding hydrogens is 184 g/mol. The van der Waals surface area contributed by atoms with Gasteiger partial charge in [0.25, 0.3) is 0 Å². The summed E-state index contributed by atoms with van der Waals surface area (Å²) in [7, 11) is 0. The molecule has 2 fully saturated rings. The predicted molar refractivity (Wildman–Crippen MR) is 48.5 cm³/mol. The van der Waals surface area contributed by atoms with Gasteiger partial charge < -0.3 is 14.2 Å². The fourth-order valence-electron chi connectivity index (χ4n) is 1.02. The number of esters is 1. The zero-order valence-corrected chi connectivity index (χ0v) is 7.82. The minimum atomic E-state index is -0.349. The lowest BCUT2D eigenvalue weighted by Gasteiger charge is -2.02. The molecule has 14 heavy (non-hydrogen) atoms. The highest BCUT2D eigenvalue weighted by atomic mass is 16.6. The summed E-state index contributed by atoms with van der Waals surface area (Å²) in [6, 6.07) is 0. The summed E-state index contributed by atoms with van der Waals surface area (Å²) in [5.74, 6) is 0.534. The molecule has 76 valence electrons. The minimum absolute atomic E-state index is 0.181. The number of hydrogen-bond acceptors (Lipinski definition) is 4. The highest BCUT2D eigenvalue weighted by molar-refractivity contribution is 5.87. The van der Waals surface area contributed by atoms with Crippen molar-refractivity contribution < 1.29 is 19.0 Å². The van der Waals surface area contributed by atoms with Crippen molar-refractivity contribution in [2.24, 2.45) is 0 Å². The molecule has 0 aromatic carbocycles. The molecule has 0 N–H and O–H groups in total. The second-order valence-electron chi connectivity index (χ2n) is 3.32. The molecule has 1 unspecified atom stereocenters. The Morgan fingerprint density at radius 1 is 1.71 bits per heavy atom. The molecule has 2 rings (SSSR count). The van der Waals surface area contributed by atoms with Crippen molar-refractivity contribution in [2.45, 2.75) is 12.5 Å². The Morgan fingerprint density at radius 2 is 2.43 bits per heavy atom. The molecule has 4 nitrogen and oxygen atoms in total. The van der Waals surface area contributed by atoms with Gasteiger partial charge in [-0.3, -0.25) is 0 Å². The van der Waals surface area contributed by atoms with Crippen LogP contribution in [-0.2, 0) is 19.0 Å². The summed E-state index contributed by atoms with van der Waals surface area (Å²) in [5, 5.41) is 0. The first-order valence-corrected chi connectivity index (χ1v) is 4.54. The Kier molecular flexibility index (Phi) is 2.54. The summed E-state index contributed by atoms with van der Waals surface area (Å²) in [6.07, 6.45) is 2.50. The molecule has 2 aliphatic heterocycles. The van der Waals surface area contributed by atoms with Gasteiger partial charge in [-0.1, -0.05) is 6.58 Å². The predicted octanol–water partition coefficient (Wildman–Crippen LogP) is 0.789. The van der Waals surface area contributed by atoms with Crippen LogP contribution in [0, 0.1) is 0 Å². The fourth-order valence-corrected chi connectivity index (χ4v) is 1.02. The summed E-state index contributed by atoms with van der Waals surface area (Å²) in [6.45, 7) is 5.29. The number of carbonyl (C=O) groups excluding carboxylic acids is 1. The molecule has 0 bridgehead atoms. The van der Waals surface area contributed by atoms with Gasteiger partial charge in [-0.2, -0.15) is 0 Å². The first-order valence-electron chi connectivity index (χ1n) is 4.54. The molecule has 2 heterocycles. The molecule has 0 saturated carbocycles. The average Bonchev–Trinajstić information content (AvgIpc) is 2.97. The number of epoxide rings is 2. The van der Waals surface area contributed by atoms with E-state index in [0.717, 1.165) is 12.4 Å². The van der Waals surface area contributed by atoms with E-state index in [1.54, 1.807) is 6.08 Å². The Balaban J connectivity index is 1.65. The van der Waals surface area contributed by atoms with E-state index < -0.39 is 0 Å². The smallest absolute Gasteiger partial charge is 0.333 e. The Bertz CT molecular complexity index is 282. The molecule has 2 aliphatic rings. The normalized spacial score (nSPS) is 25.4. The van der Waals surface area contributed by atoms with Crippen LogP contribution in [-0.4, -0.2) is 31.9 Å². The molecule has 0 spiro atoms. The van der Waals surface area contributed by atoms with Crippen molar-refractivity contribution in [1.29, 1.82) is 0 Å². The van der Waals surface area contributed by atoms with Crippen LogP contribution in [0.25, 0.3) is 0 Å². The molecule has 0 aliphatic carbocycles. The molecule has 1 atom stereocenters. The van der Waals surface area contributed by atoms with Crippen molar-refractivity contribution in [1.82, 2.24) is 0 Å². The highest BCUT2D eigenvalue weighted by Crippen LogP contribution is 2.19. The van der Waals surface area contributed by atoms with E-state index in [1.807, 2.05) is 0 Å². The van der Waals surface area contributed by atoms with E-state index >= 15 is 0 Å². The average molecular weight is 196 g/mol. The van der Waals surface area contributed by atoms with Gasteiger partial charge in [0.2, 0.25) is 0 Å².